The Balaban J connectivity index is 2.66. The minimum atomic E-state index is 0.462. The number of benzene rings is 2. The first-order valence-electron chi connectivity index (χ1n) is 7.35. The number of hydrogen-bond acceptors (Lipinski definition) is 2. The van der Waals surface area contributed by atoms with Crippen molar-refractivity contribution < 1.29 is 4.79 Å². The van der Waals surface area contributed by atoms with E-state index in [1.54, 1.807) is 6.08 Å². The summed E-state index contributed by atoms with van der Waals surface area (Å²) >= 11 is 0. The molecule has 0 heterocycles. The van der Waals surface area contributed by atoms with Crippen LogP contribution in [0, 0.1) is 0 Å². The number of rotatable bonds is 4. The minimum absolute atomic E-state index is 0.462. The number of para-hydroxylation sites is 1. The van der Waals surface area contributed by atoms with Crippen LogP contribution in [0.5, 0.6) is 0 Å². The summed E-state index contributed by atoms with van der Waals surface area (Å²) in [6.45, 7) is 8.77. The zero-order chi connectivity index (χ0) is 15.4. The molecule has 0 saturated carbocycles. The highest BCUT2D eigenvalue weighted by molar-refractivity contribution is 5.78. The van der Waals surface area contributed by atoms with Crippen molar-refractivity contribution in [3.63, 3.8) is 0 Å². The maximum atomic E-state index is 10.6. The molecule has 0 fully saturated rings. The zero-order valence-corrected chi connectivity index (χ0v) is 13.1. The molecule has 0 amide bonds. The summed E-state index contributed by atoms with van der Waals surface area (Å²) in [6, 6.07) is 14.3. The fourth-order valence-electron chi connectivity index (χ4n) is 2.36. The molecule has 0 radical (unpaired) electrons. The molecule has 0 spiro atoms. The summed E-state index contributed by atoms with van der Waals surface area (Å²) < 4.78 is 0. The highest BCUT2D eigenvalue weighted by atomic mass is 16.1. The van der Waals surface area contributed by atoms with Gasteiger partial charge in [-0.15, -0.1) is 0 Å². The zero-order valence-electron chi connectivity index (χ0n) is 13.1. The first-order valence-corrected chi connectivity index (χ1v) is 7.35. The van der Waals surface area contributed by atoms with Gasteiger partial charge in [0.05, 0.1) is 5.69 Å². The van der Waals surface area contributed by atoms with Crippen LogP contribution in [0.1, 0.15) is 50.7 Å². The molecular formula is C19H21NO. The number of hydrogen-bond donors (Lipinski definition) is 0. The van der Waals surface area contributed by atoms with Crippen LogP contribution in [0.15, 0.2) is 47.5 Å². The van der Waals surface area contributed by atoms with Crippen LogP contribution in [0.4, 0.5) is 5.69 Å². The van der Waals surface area contributed by atoms with Gasteiger partial charge in [-0.1, -0.05) is 64.1 Å². The van der Waals surface area contributed by atoms with E-state index in [-0.39, 0.29) is 0 Å². The minimum Gasteiger partial charge on any atom is -0.211 e. The molecule has 0 aliphatic heterocycles. The van der Waals surface area contributed by atoms with E-state index < -0.39 is 0 Å². The van der Waals surface area contributed by atoms with E-state index in [9.17, 15) is 4.79 Å². The second-order valence-corrected chi connectivity index (χ2v) is 5.92. The third-order valence-electron chi connectivity index (χ3n) is 3.69. The Bertz CT molecular complexity index is 653. The molecule has 0 saturated heterocycles. The van der Waals surface area contributed by atoms with E-state index in [0.29, 0.717) is 17.5 Å². The standard InChI is InChI=1S/C19H21NO/c1-13(2)15-9-16(14(3)4)11-17(10-15)18-7-5-6-8-19(18)20-12-21/h5-11,13-14H,1-4H3. The summed E-state index contributed by atoms with van der Waals surface area (Å²) in [5.74, 6) is 0.924. The summed E-state index contributed by atoms with van der Waals surface area (Å²) in [4.78, 5) is 14.4. The van der Waals surface area contributed by atoms with Crippen LogP contribution < -0.4 is 0 Å². The van der Waals surface area contributed by atoms with E-state index in [1.165, 1.54) is 11.1 Å². The fraction of sp³-hybridized carbons (Fsp3) is 0.316. The van der Waals surface area contributed by atoms with Crippen molar-refractivity contribution in [2.45, 2.75) is 39.5 Å². The van der Waals surface area contributed by atoms with E-state index in [1.807, 2.05) is 24.3 Å². The highest BCUT2D eigenvalue weighted by Crippen LogP contribution is 2.34. The monoisotopic (exact) mass is 279 g/mol. The lowest BCUT2D eigenvalue weighted by molar-refractivity contribution is 0.565. The van der Waals surface area contributed by atoms with E-state index in [4.69, 9.17) is 0 Å². The van der Waals surface area contributed by atoms with E-state index >= 15 is 0 Å². The lowest BCUT2D eigenvalue weighted by Crippen LogP contribution is -1.95. The predicted octanol–water partition coefficient (Wildman–Crippen LogP) is 5.57. The van der Waals surface area contributed by atoms with Crippen LogP contribution in [-0.4, -0.2) is 6.08 Å². The Hall–Kier alpha value is -2.18. The molecule has 108 valence electrons. The smallest absolute Gasteiger partial charge is 0.211 e. The molecule has 2 nitrogen and oxygen atoms in total. The second kappa shape index (κ2) is 6.51. The Morgan fingerprint density at radius 3 is 2.00 bits per heavy atom. The normalized spacial score (nSPS) is 10.8. The average Bonchev–Trinajstić information content (AvgIpc) is 2.47. The van der Waals surface area contributed by atoms with Crippen molar-refractivity contribution in [2.75, 3.05) is 0 Å². The Kier molecular flexibility index (Phi) is 4.72. The molecule has 21 heavy (non-hydrogen) atoms. The highest BCUT2D eigenvalue weighted by Gasteiger charge is 2.10. The summed E-state index contributed by atoms with van der Waals surface area (Å²) in [5, 5.41) is 0. The van der Waals surface area contributed by atoms with Gasteiger partial charge in [0, 0.05) is 5.56 Å². The molecule has 0 aliphatic rings. The number of isocyanates is 1. The van der Waals surface area contributed by atoms with Crippen LogP contribution in [0.2, 0.25) is 0 Å². The van der Waals surface area contributed by atoms with E-state index in [0.717, 1.165) is 11.1 Å². The van der Waals surface area contributed by atoms with Crippen LogP contribution in [0.25, 0.3) is 11.1 Å². The third kappa shape index (κ3) is 3.48. The van der Waals surface area contributed by atoms with Gasteiger partial charge in [-0.3, -0.25) is 0 Å². The van der Waals surface area contributed by atoms with Gasteiger partial charge in [0.1, 0.15) is 0 Å². The predicted molar refractivity (Wildman–Crippen MR) is 87.8 cm³/mol. The Labute approximate surface area is 126 Å². The molecule has 2 rings (SSSR count). The Morgan fingerprint density at radius 1 is 0.905 bits per heavy atom. The van der Waals surface area contributed by atoms with Gasteiger partial charge in [0.15, 0.2) is 0 Å². The van der Waals surface area contributed by atoms with Crippen LogP contribution >= 0.6 is 0 Å². The molecule has 0 atom stereocenters. The van der Waals surface area contributed by atoms with Crippen LogP contribution in [-0.2, 0) is 4.79 Å². The van der Waals surface area contributed by atoms with Crippen molar-refractivity contribution in [1.82, 2.24) is 0 Å². The summed E-state index contributed by atoms with van der Waals surface area (Å²) in [7, 11) is 0. The fourth-order valence-corrected chi connectivity index (χ4v) is 2.36. The molecule has 0 aliphatic carbocycles. The van der Waals surface area contributed by atoms with Gasteiger partial charge >= 0.3 is 0 Å². The Morgan fingerprint density at radius 2 is 1.48 bits per heavy atom. The quantitative estimate of drug-likeness (QED) is 0.531. The van der Waals surface area contributed by atoms with Gasteiger partial charge in [0.2, 0.25) is 6.08 Å². The topological polar surface area (TPSA) is 29.4 Å². The second-order valence-electron chi connectivity index (χ2n) is 5.92. The van der Waals surface area contributed by atoms with Crippen LogP contribution in [0.3, 0.4) is 0 Å². The van der Waals surface area contributed by atoms with Gasteiger partial charge in [-0.2, -0.15) is 4.99 Å². The number of carbonyl (C=O) groups excluding carboxylic acids is 1. The molecule has 2 heteroatoms. The van der Waals surface area contributed by atoms with Crippen molar-refractivity contribution in [2.24, 2.45) is 4.99 Å². The molecule has 0 bridgehead atoms. The largest absolute Gasteiger partial charge is 0.240 e. The van der Waals surface area contributed by atoms with E-state index in [2.05, 4.69) is 50.9 Å². The maximum absolute atomic E-state index is 10.6. The molecule has 0 N–H and O–H groups in total. The average molecular weight is 279 g/mol. The first-order chi connectivity index (χ1) is 10.0. The van der Waals surface area contributed by atoms with Gasteiger partial charge in [-0.25, -0.2) is 4.79 Å². The lowest BCUT2D eigenvalue weighted by atomic mass is 9.90. The molecule has 2 aromatic rings. The molecule has 0 unspecified atom stereocenters. The van der Waals surface area contributed by atoms with Crippen molar-refractivity contribution in [1.29, 1.82) is 0 Å². The van der Waals surface area contributed by atoms with Crippen molar-refractivity contribution in [3.8, 4) is 11.1 Å². The first kappa shape index (κ1) is 15.2. The SMILES string of the molecule is CC(C)c1cc(-c2ccccc2N=C=O)cc(C(C)C)c1. The van der Waals surface area contributed by atoms with Gasteiger partial charge in [-0.05, 0) is 34.6 Å². The van der Waals surface area contributed by atoms with Gasteiger partial charge < -0.3 is 0 Å². The molecular weight excluding hydrogens is 258 g/mol. The summed E-state index contributed by atoms with van der Waals surface area (Å²) in [5.41, 5.74) is 5.37. The van der Waals surface area contributed by atoms with Crippen molar-refractivity contribution >= 4 is 11.8 Å². The molecule has 0 aromatic heterocycles. The lowest BCUT2D eigenvalue weighted by Gasteiger charge is -2.15. The maximum Gasteiger partial charge on any atom is 0.240 e. The molecule has 2 aromatic carbocycles. The van der Waals surface area contributed by atoms with Crippen molar-refractivity contribution in [3.05, 3.63) is 53.6 Å². The summed E-state index contributed by atoms with van der Waals surface area (Å²) in [6.07, 6.45) is 1.64. The number of nitrogens with zero attached hydrogens (tertiary/aromatic N) is 1. The van der Waals surface area contributed by atoms with Gasteiger partial charge in [0.25, 0.3) is 0 Å². The third-order valence-corrected chi connectivity index (χ3v) is 3.69. The number of aliphatic imine (C=N–C) groups is 1.